The summed E-state index contributed by atoms with van der Waals surface area (Å²) in [5.74, 6) is 0.117. The highest BCUT2D eigenvalue weighted by Gasteiger charge is 2.20. The minimum absolute atomic E-state index is 0.117. The van der Waals surface area contributed by atoms with Gasteiger partial charge in [-0.05, 0) is 30.4 Å². The number of carbonyl (C=O) groups excluding carboxylic acids is 1. The molecule has 0 spiro atoms. The highest BCUT2D eigenvalue weighted by Crippen LogP contribution is 2.29. The summed E-state index contributed by atoms with van der Waals surface area (Å²) in [6, 6.07) is 5.62. The molecular formula is C13H17ClN4OS. The Kier molecular flexibility index (Phi) is 4.67. The van der Waals surface area contributed by atoms with Crippen LogP contribution in [0.2, 0.25) is 5.02 Å². The van der Waals surface area contributed by atoms with Crippen molar-refractivity contribution in [2.75, 3.05) is 36.4 Å². The van der Waals surface area contributed by atoms with Crippen molar-refractivity contribution < 1.29 is 4.79 Å². The van der Waals surface area contributed by atoms with Crippen molar-refractivity contribution >= 4 is 46.2 Å². The molecule has 0 saturated carbocycles. The molecule has 20 heavy (non-hydrogen) atoms. The number of benzene rings is 1. The van der Waals surface area contributed by atoms with Gasteiger partial charge in [-0.15, -0.1) is 0 Å². The maximum atomic E-state index is 11.3. The molecule has 0 aromatic heterocycles. The fourth-order valence-electron chi connectivity index (χ4n) is 2.25. The van der Waals surface area contributed by atoms with Gasteiger partial charge in [-0.2, -0.15) is 0 Å². The molecule has 1 amide bonds. The SMILES string of the molecule is CC(=O)N1CCN(c2ccc(NC(N)=S)cc2Cl)CC1. The number of nitrogens with one attached hydrogen (secondary N) is 1. The zero-order chi connectivity index (χ0) is 14.7. The van der Waals surface area contributed by atoms with Crippen molar-refractivity contribution in [3.8, 4) is 0 Å². The van der Waals surface area contributed by atoms with Crippen molar-refractivity contribution in [2.45, 2.75) is 6.92 Å². The van der Waals surface area contributed by atoms with Gasteiger partial charge in [0, 0.05) is 38.8 Å². The fourth-order valence-corrected chi connectivity index (χ4v) is 2.66. The van der Waals surface area contributed by atoms with Gasteiger partial charge < -0.3 is 20.9 Å². The molecular weight excluding hydrogens is 296 g/mol. The Bertz CT molecular complexity index is 529. The first-order valence-corrected chi connectivity index (χ1v) is 7.12. The van der Waals surface area contributed by atoms with E-state index < -0.39 is 0 Å². The second-order valence-electron chi connectivity index (χ2n) is 4.65. The van der Waals surface area contributed by atoms with Crippen molar-refractivity contribution in [3.63, 3.8) is 0 Å². The number of thiocarbonyl (C=S) groups is 1. The van der Waals surface area contributed by atoms with Crippen molar-refractivity contribution in [1.29, 1.82) is 0 Å². The van der Waals surface area contributed by atoms with Crippen LogP contribution in [0, 0.1) is 0 Å². The molecule has 1 aliphatic heterocycles. The van der Waals surface area contributed by atoms with Crippen LogP contribution in [0.25, 0.3) is 0 Å². The van der Waals surface area contributed by atoms with Crippen LogP contribution in [0.5, 0.6) is 0 Å². The normalized spacial score (nSPS) is 15.1. The van der Waals surface area contributed by atoms with Crippen LogP contribution in [-0.4, -0.2) is 42.1 Å². The first-order valence-electron chi connectivity index (χ1n) is 6.34. The van der Waals surface area contributed by atoms with Gasteiger partial charge in [0.25, 0.3) is 0 Å². The molecule has 1 fully saturated rings. The quantitative estimate of drug-likeness (QED) is 0.813. The van der Waals surface area contributed by atoms with E-state index in [9.17, 15) is 4.79 Å². The largest absolute Gasteiger partial charge is 0.376 e. The van der Waals surface area contributed by atoms with E-state index >= 15 is 0 Å². The molecule has 2 rings (SSSR count). The third-order valence-corrected chi connectivity index (χ3v) is 3.69. The molecule has 0 unspecified atom stereocenters. The number of nitrogens with two attached hydrogens (primary N) is 1. The van der Waals surface area contributed by atoms with Gasteiger partial charge in [-0.3, -0.25) is 4.79 Å². The Morgan fingerprint density at radius 2 is 2.00 bits per heavy atom. The number of halogens is 1. The predicted octanol–water partition coefficient (Wildman–Crippen LogP) is 1.66. The van der Waals surface area contributed by atoms with Gasteiger partial charge in [-0.25, -0.2) is 0 Å². The maximum absolute atomic E-state index is 11.3. The zero-order valence-electron chi connectivity index (χ0n) is 11.2. The Labute approximate surface area is 128 Å². The summed E-state index contributed by atoms with van der Waals surface area (Å²) in [5.41, 5.74) is 7.16. The summed E-state index contributed by atoms with van der Waals surface area (Å²) in [4.78, 5) is 15.3. The molecule has 0 aliphatic carbocycles. The molecule has 1 saturated heterocycles. The second-order valence-corrected chi connectivity index (χ2v) is 5.50. The van der Waals surface area contributed by atoms with Gasteiger partial charge >= 0.3 is 0 Å². The Morgan fingerprint density at radius 3 is 2.50 bits per heavy atom. The zero-order valence-corrected chi connectivity index (χ0v) is 12.8. The molecule has 0 bridgehead atoms. The number of hydrogen-bond donors (Lipinski definition) is 2. The number of hydrogen-bond acceptors (Lipinski definition) is 3. The molecule has 5 nitrogen and oxygen atoms in total. The monoisotopic (exact) mass is 312 g/mol. The summed E-state index contributed by atoms with van der Waals surface area (Å²) in [7, 11) is 0. The summed E-state index contributed by atoms with van der Waals surface area (Å²) in [5, 5.41) is 3.70. The number of amides is 1. The van der Waals surface area contributed by atoms with Crippen molar-refractivity contribution in [2.24, 2.45) is 5.73 Å². The van der Waals surface area contributed by atoms with Crippen LogP contribution in [0.1, 0.15) is 6.92 Å². The fraction of sp³-hybridized carbons (Fsp3) is 0.385. The van der Waals surface area contributed by atoms with E-state index in [-0.39, 0.29) is 11.0 Å². The number of rotatable bonds is 2. The second kappa shape index (κ2) is 6.28. The minimum atomic E-state index is 0.117. The average Bonchev–Trinajstić information content (AvgIpc) is 2.38. The van der Waals surface area contributed by atoms with E-state index in [1.807, 2.05) is 17.0 Å². The van der Waals surface area contributed by atoms with Gasteiger partial charge in [0.15, 0.2) is 5.11 Å². The topological polar surface area (TPSA) is 61.6 Å². The Morgan fingerprint density at radius 1 is 1.35 bits per heavy atom. The lowest BCUT2D eigenvalue weighted by atomic mass is 10.2. The third-order valence-electron chi connectivity index (χ3n) is 3.28. The smallest absolute Gasteiger partial charge is 0.219 e. The van der Waals surface area contributed by atoms with E-state index in [1.165, 1.54) is 0 Å². The summed E-state index contributed by atoms with van der Waals surface area (Å²) in [6.07, 6.45) is 0. The highest BCUT2D eigenvalue weighted by atomic mass is 35.5. The molecule has 1 aromatic rings. The van der Waals surface area contributed by atoms with Gasteiger partial charge in [-0.1, -0.05) is 11.6 Å². The van der Waals surface area contributed by atoms with Crippen molar-refractivity contribution in [1.82, 2.24) is 4.90 Å². The standard InChI is InChI=1S/C13H17ClN4OS/c1-9(19)17-4-6-18(7-5-17)12-3-2-10(8-11(12)14)16-13(15)20/h2-3,8H,4-7H2,1H3,(H3,15,16,20). The lowest BCUT2D eigenvalue weighted by Gasteiger charge is -2.36. The minimum Gasteiger partial charge on any atom is -0.376 e. The number of carbonyl (C=O) groups is 1. The van der Waals surface area contributed by atoms with E-state index in [4.69, 9.17) is 29.6 Å². The molecule has 1 heterocycles. The first kappa shape index (κ1) is 14.9. The lowest BCUT2D eigenvalue weighted by molar-refractivity contribution is -0.129. The highest BCUT2D eigenvalue weighted by molar-refractivity contribution is 7.80. The van der Waals surface area contributed by atoms with Crippen LogP contribution in [0.4, 0.5) is 11.4 Å². The third kappa shape index (κ3) is 3.52. The molecule has 0 radical (unpaired) electrons. The van der Waals surface area contributed by atoms with E-state index in [2.05, 4.69) is 10.2 Å². The molecule has 7 heteroatoms. The van der Waals surface area contributed by atoms with Crippen LogP contribution < -0.4 is 16.0 Å². The van der Waals surface area contributed by atoms with Crippen LogP contribution in [-0.2, 0) is 4.79 Å². The molecule has 0 atom stereocenters. The lowest BCUT2D eigenvalue weighted by Crippen LogP contribution is -2.48. The number of anilines is 2. The summed E-state index contributed by atoms with van der Waals surface area (Å²) in [6.45, 7) is 4.60. The van der Waals surface area contributed by atoms with Crippen LogP contribution in [0.3, 0.4) is 0 Å². The van der Waals surface area contributed by atoms with Crippen LogP contribution >= 0.6 is 23.8 Å². The Balaban J connectivity index is 2.07. The van der Waals surface area contributed by atoms with Crippen molar-refractivity contribution in [3.05, 3.63) is 23.2 Å². The van der Waals surface area contributed by atoms with E-state index in [1.54, 1.807) is 13.0 Å². The Hall–Kier alpha value is -1.53. The number of piperazine rings is 1. The summed E-state index contributed by atoms with van der Waals surface area (Å²) < 4.78 is 0. The number of nitrogens with zero attached hydrogens (tertiary/aromatic N) is 2. The van der Waals surface area contributed by atoms with Gasteiger partial charge in [0.1, 0.15) is 0 Å². The summed E-state index contributed by atoms with van der Waals surface area (Å²) >= 11 is 11.1. The predicted molar refractivity (Wildman–Crippen MR) is 86.3 cm³/mol. The average molecular weight is 313 g/mol. The molecule has 3 N–H and O–H groups in total. The van der Waals surface area contributed by atoms with Gasteiger partial charge in [0.05, 0.1) is 10.7 Å². The van der Waals surface area contributed by atoms with E-state index in [0.29, 0.717) is 5.02 Å². The molecule has 1 aliphatic rings. The molecule has 1 aromatic carbocycles. The maximum Gasteiger partial charge on any atom is 0.219 e. The van der Waals surface area contributed by atoms with Gasteiger partial charge in [0.2, 0.25) is 5.91 Å². The molecule has 108 valence electrons. The first-order chi connectivity index (χ1) is 9.47. The van der Waals surface area contributed by atoms with Crippen LogP contribution in [0.15, 0.2) is 18.2 Å². The van der Waals surface area contributed by atoms with E-state index in [0.717, 1.165) is 37.6 Å².